The van der Waals surface area contributed by atoms with E-state index in [9.17, 15) is 14.0 Å². The van der Waals surface area contributed by atoms with Crippen molar-refractivity contribution in [3.05, 3.63) is 70.5 Å². The zero-order chi connectivity index (χ0) is 17.5. The van der Waals surface area contributed by atoms with E-state index < -0.39 is 17.7 Å². The van der Waals surface area contributed by atoms with Crippen molar-refractivity contribution < 1.29 is 18.7 Å². The molecule has 0 saturated carbocycles. The van der Waals surface area contributed by atoms with E-state index in [0.717, 1.165) is 0 Å². The molecule has 0 fully saturated rings. The van der Waals surface area contributed by atoms with Gasteiger partial charge in [0.1, 0.15) is 5.82 Å². The zero-order valence-corrected chi connectivity index (χ0v) is 13.6. The Balaban J connectivity index is 2.02. The van der Waals surface area contributed by atoms with E-state index in [1.165, 1.54) is 30.4 Å². The van der Waals surface area contributed by atoms with Gasteiger partial charge in [-0.05, 0) is 49.4 Å². The fraction of sp³-hybridized carbons (Fsp3) is 0.111. The highest BCUT2D eigenvalue weighted by atomic mass is 35.5. The van der Waals surface area contributed by atoms with Gasteiger partial charge in [-0.15, -0.1) is 0 Å². The van der Waals surface area contributed by atoms with Crippen LogP contribution in [0.1, 0.15) is 22.8 Å². The summed E-state index contributed by atoms with van der Waals surface area (Å²) in [6, 6.07) is 10.5. The molecule has 24 heavy (non-hydrogen) atoms. The molecule has 0 atom stereocenters. The average Bonchev–Trinajstić information content (AvgIpc) is 2.55. The molecule has 0 unspecified atom stereocenters. The minimum Gasteiger partial charge on any atom is -0.462 e. The summed E-state index contributed by atoms with van der Waals surface area (Å²) < 4.78 is 18.5. The van der Waals surface area contributed by atoms with E-state index in [0.29, 0.717) is 17.9 Å². The summed E-state index contributed by atoms with van der Waals surface area (Å²) in [6.07, 6.45) is 2.49. The lowest BCUT2D eigenvalue weighted by molar-refractivity contribution is -0.111. The Kier molecular flexibility index (Phi) is 6.09. The number of hydrogen-bond donors (Lipinski definition) is 1. The highest BCUT2D eigenvalue weighted by Gasteiger charge is 2.07. The van der Waals surface area contributed by atoms with Crippen molar-refractivity contribution in [2.45, 2.75) is 6.92 Å². The Bertz CT molecular complexity index is 752. The van der Waals surface area contributed by atoms with Gasteiger partial charge in [-0.25, -0.2) is 9.18 Å². The van der Waals surface area contributed by atoms with Crippen LogP contribution in [0.4, 0.5) is 10.1 Å². The molecule has 0 aliphatic carbocycles. The highest BCUT2D eigenvalue weighted by molar-refractivity contribution is 6.32. The number of carbonyl (C=O) groups is 2. The molecule has 4 nitrogen and oxygen atoms in total. The molecule has 0 heterocycles. The van der Waals surface area contributed by atoms with Gasteiger partial charge in [-0.1, -0.05) is 17.7 Å². The third-order valence-corrected chi connectivity index (χ3v) is 3.39. The Morgan fingerprint density at radius 3 is 2.54 bits per heavy atom. The SMILES string of the molecule is CCOC(=O)c1ccc(NC(=O)/C=C/c2c(F)cccc2Cl)cc1. The van der Waals surface area contributed by atoms with E-state index in [4.69, 9.17) is 16.3 Å². The second-order valence-corrected chi connectivity index (χ2v) is 5.16. The van der Waals surface area contributed by atoms with E-state index in [1.54, 1.807) is 31.2 Å². The number of anilines is 1. The Morgan fingerprint density at radius 2 is 1.92 bits per heavy atom. The van der Waals surface area contributed by atoms with Crippen LogP contribution >= 0.6 is 11.6 Å². The summed E-state index contributed by atoms with van der Waals surface area (Å²) in [5, 5.41) is 2.83. The standard InChI is InChI=1S/C18H15ClFNO3/c1-2-24-18(23)12-6-8-13(9-7-12)21-17(22)11-10-14-15(19)4-3-5-16(14)20/h3-11H,2H2,1H3,(H,21,22)/b11-10+. The Labute approximate surface area is 143 Å². The molecule has 1 N–H and O–H groups in total. The summed E-state index contributed by atoms with van der Waals surface area (Å²) in [6.45, 7) is 2.02. The predicted molar refractivity (Wildman–Crippen MR) is 91.5 cm³/mol. The lowest BCUT2D eigenvalue weighted by Gasteiger charge is -2.05. The van der Waals surface area contributed by atoms with Gasteiger partial charge in [0.05, 0.1) is 17.2 Å². The minimum absolute atomic E-state index is 0.145. The van der Waals surface area contributed by atoms with Crippen molar-refractivity contribution in [3.63, 3.8) is 0 Å². The van der Waals surface area contributed by atoms with E-state index in [1.807, 2.05) is 0 Å². The number of hydrogen-bond acceptors (Lipinski definition) is 3. The molecule has 1 amide bonds. The van der Waals surface area contributed by atoms with Crippen LogP contribution in [0.3, 0.4) is 0 Å². The van der Waals surface area contributed by atoms with Gasteiger partial charge in [-0.2, -0.15) is 0 Å². The van der Waals surface area contributed by atoms with Gasteiger partial charge in [0.25, 0.3) is 0 Å². The fourth-order valence-electron chi connectivity index (χ4n) is 1.92. The smallest absolute Gasteiger partial charge is 0.338 e. The van der Waals surface area contributed by atoms with Crippen LogP contribution in [0, 0.1) is 5.82 Å². The number of ether oxygens (including phenoxy) is 1. The van der Waals surface area contributed by atoms with Crippen molar-refractivity contribution in [3.8, 4) is 0 Å². The first kappa shape index (κ1) is 17.7. The summed E-state index contributed by atoms with van der Waals surface area (Å²) in [5.74, 6) is -1.38. The Hall–Kier alpha value is -2.66. The van der Waals surface area contributed by atoms with Gasteiger partial charge in [0.15, 0.2) is 0 Å². The lowest BCUT2D eigenvalue weighted by atomic mass is 10.2. The lowest BCUT2D eigenvalue weighted by Crippen LogP contribution is -2.09. The number of nitrogens with one attached hydrogen (secondary N) is 1. The van der Waals surface area contributed by atoms with E-state index in [-0.39, 0.29) is 10.6 Å². The number of esters is 1. The van der Waals surface area contributed by atoms with Crippen molar-refractivity contribution in [2.75, 3.05) is 11.9 Å². The van der Waals surface area contributed by atoms with Crippen molar-refractivity contribution in [2.24, 2.45) is 0 Å². The first-order valence-electron chi connectivity index (χ1n) is 7.21. The maximum atomic E-state index is 13.6. The first-order valence-corrected chi connectivity index (χ1v) is 7.59. The van der Waals surface area contributed by atoms with Gasteiger partial charge in [0, 0.05) is 17.3 Å². The molecule has 2 aromatic carbocycles. The minimum atomic E-state index is -0.509. The monoisotopic (exact) mass is 347 g/mol. The molecule has 2 rings (SSSR count). The predicted octanol–water partition coefficient (Wildman–Crippen LogP) is 4.31. The van der Waals surface area contributed by atoms with Gasteiger partial charge < -0.3 is 10.1 Å². The Morgan fingerprint density at radius 1 is 1.21 bits per heavy atom. The molecular formula is C18H15ClFNO3. The number of amides is 1. The normalized spacial score (nSPS) is 10.6. The van der Waals surface area contributed by atoms with E-state index >= 15 is 0 Å². The molecule has 0 aliphatic rings. The van der Waals surface area contributed by atoms with Gasteiger partial charge in [0.2, 0.25) is 5.91 Å². The number of halogens is 2. The topological polar surface area (TPSA) is 55.4 Å². The van der Waals surface area contributed by atoms with Crippen LogP contribution in [-0.4, -0.2) is 18.5 Å². The van der Waals surface area contributed by atoms with Crippen LogP contribution in [0.15, 0.2) is 48.5 Å². The summed E-state index contributed by atoms with van der Waals surface area (Å²) in [5.41, 5.74) is 1.04. The highest BCUT2D eigenvalue weighted by Crippen LogP contribution is 2.20. The molecular weight excluding hydrogens is 333 g/mol. The average molecular weight is 348 g/mol. The first-order chi connectivity index (χ1) is 11.5. The molecule has 0 radical (unpaired) electrons. The second-order valence-electron chi connectivity index (χ2n) is 4.76. The third-order valence-electron chi connectivity index (χ3n) is 3.06. The molecule has 124 valence electrons. The number of carbonyl (C=O) groups excluding carboxylic acids is 2. The molecule has 6 heteroatoms. The van der Waals surface area contributed by atoms with Crippen LogP contribution in [0.2, 0.25) is 5.02 Å². The summed E-state index contributed by atoms with van der Waals surface area (Å²) in [7, 11) is 0. The fourth-order valence-corrected chi connectivity index (χ4v) is 2.14. The van der Waals surface area contributed by atoms with Crippen molar-refractivity contribution in [1.29, 1.82) is 0 Å². The zero-order valence-electron chi connectivity index (χ0n) is 12.9. The summed E-state index contributed by atoms with van der Waals surface area (Å²) in [4.78, 5) is 23.4. The van der Waals surface area contributed by atoms with Crippen LogP contribution in [0.25, 0.3) is 6.08 Å². The van der Waals surface area contributed by atoms with Crippen LogP contribution in [-0.2, 0) is 9.53 Å². The van der Waals surface area contributed by atoms with Crippen molar-refractivity contribution in [1.82, 2.24) is 0 Å². The maximum absolute atomic E-state index is 13.6. The van der Waals surface area contributed by atoms with Crippen LogP contribution < -0.4 is 5.32 Å². The summed E-state index contributed by atoms with van der Waals surface area (Å²) >= 11 is 5.88. The largest absolute Gasteiger partial charge is 0.462 e. The molecule has 0 aromatic heterocycles. The van der Waals surface area contributed by atoms with Crippen molar-refractivity contribution >= 4 is 35.2 Å². The van der Waals surface area contributed by atoms with Gasteiger partial charge in [-0.3, -0.25) is 4.79 Å². The number of rotatable bonds is 5. The third kappa shape index (κ3) is 4.67. The van der Waals surface area contributed by atoms with Crippen LogP contribution in [0.5, 0.6) is 0 Å². The van der Waals surface area contributed by atoms with Gasteiger partial charge >= 0.3 is 5.97 Å². The molecule has 2 aromatic rings. The molecule has 0 saturated heterocycles. The number of benzene rings is 2. The second kappa shape index (κ2) is 8.26. The molecule has 0 aliphatic heterocycles. The van der Waals surface area contributed by atoms with E-state index in [2.05, 4.69) is 5.32 Å². The molecule has 0 spiro atoms. The maximum Gasteiger partial charge on any atom is 0.338 e. The quantitative estimate of drug-likeness (QED) is 0.647. The molecule has 0 bridgehead atoms.